The molecule has 0 aliphatic carbocycles. The van der Waals surface area contributed by atoms with Crippen LogP contribution < -0.4 is 0 Å². The van der Waals surface area contributed by atoms with E-state index in [9.17, 15) is 14.4 Å². The molecule has 0 amide bonds. The van der Waals surface area contributed by atoms with Gasteiger partial charge < -0.3 is 14.2 Å². The summed E-state index contributed by atoms with van der Waals surface area (Å²) in [6, 6.07) is 0. The summed E-state index contributed by atoms with van der Waals surface area (Å²) in [6.45, 7) is 6.45. The van der Waals surface area contributed by atoms with Gasteiger partial charge in [-0.3, -0.25) is 14.4 Å². The van der Waals surface area contributed by atoms with Crippen molar-refractivity contribution >= 4 is 17.9 Å². The summed E-state index contributed by atoms with van der Waals surface area (Å²) in [6.07, 6.45) is 100. The van der Waals surface area contributed by atoms with E-state index in [-0.39, 0.29) is 37.5 Å². The molecular formula is C77H126O6. The fourth-order valence-corrected chi connectivity index (χ4v) is 9.18. The number of esters is 3. The molecule has 83 heavy (non-hydrogen) atoms. The minimum absolute atomic E-state index is 0.108. The van der Waals surface area contributed by atoms with Crippen molar-refractivity contribution in [2.24, 2.45) is 0 Å². The van der Waals surface area contributed by atoms with Crippen LogP contribution in [0.5, 0.6) is 0 Å². The van der Waals surface area contributed by atoms with Crippen molar-refractivity contribution < 1.29 is 28.6 Å². The molecule has 0 aromatic carbocycles. The number of rotatable bonds is 61. The van der Waals surface area contributed by atoms with E-state index in [1.165, 1.54) is 128 Å². The van der Waals surface area contributed by atoms with Crippen LogP contribution in [-0.2, 0) is 28.6 Å². The summed E-state index contributed by atoms with van der Waals surface area (Å²) in [7, 11) is 0. The van der Waals surface area contributed by atoms with Gasteiger partial charge in [0.05, 0.1) is 0 Å². The zero-order chi connectivity index (χ0) is 59.9. The van der Waals surface area contributed by atoms with E-state index in [1.807, 2.05) is 0 Å². The first-order valence-electron chi connectivity index (χ1n) is 34.3. The van der Waals surface area contributed by atoms with Crippen LogP contribution in [0.4, 0.5) is 0 Å². The summed E-state index contributed by atoms with van der Waals surface area (Å²) in [5.41, 5.74) is 0. The molecule has 0 heterocycles. The molecule has 0 saturated carbocycles. The third-order valence-corrected chi connectivity index (χ3v) is 14.3. The molecule has 6 nitrogen and oxygen atoms in total. The minimum Gasteiger partial charge on any atom is -0.462 e. The molecule has 470 valence electrons. The van der Waals surface area contributed by atoms with Crippen molar-refractivity contribution in [3.05, 3.63) is 146 Å². The lowest BCUT2D eigenvalue weighted by Crippen LogP contribution is -2.30. The Morgan fingerprint density at radius 3 is 0.819 bits per heavy atom. The zero-order valence-electron chi connectivity index (χ0n) is 53.9. The van der Waals surface area contributed by atoms with Gasteiger partial charge in [-0.05, 0) is 141 Å². The van der Waals surface area contributed by atoms with Crippen molar-refractivity contribution in [2.45, 2.75) is 309 Å². The quantitative estimate of drug-likeness (QED) is 0.0261. The summed E-state index contributed by atoms with van der Waals surface area (Å²) in [5.74, 6) is -0.981. The molecule has 0 saturated heterocycles. The van der Waals surface area contributed by atoms with Crippen molar-refractivity contribution in [3.8, 4) is 0 Å². The van der Waals surface area contributed by atoms with E-state index >= 15 is 0 Å². The Bertz CT molecular complexity index is 1800. The average Bonchev–Trinajstić information content (AvgIpc) is 3.49. The summed E-state index contributed by atoms with van der Waals surface area (Å²) < 4.78 is 16.9. The molecule has 0 aliphatic rings. The third kappa shape index (κ3) is 68.0. The lowest BCUT2D eigenvalue weighted by Gasteiger charge is -2.18. The lowest BCUT2D eigenvalue weighted by molar-refractivity contribution is -0.167. The molecule has 0 radical (unpaired) electrons. The second-order valence-electron chi connectivity index (χ2n) is 22.3. The average molecular weight is 1150 g/mol. The Balaban J connectivity index is 4.48. The molecule has 0 bridgehead atoms. The number of carbonyl (C=O) groups is 3. The van der Waals surface area contributed by atoms with Crippen molar-refractivity contribution in [1.29, 1.82) is 0 Å². The van der Waals surface area contributed by atoms with Gasteiger partial charge in [-0.1, -0.05) is 289 Å². The van der Waals surface area contributed by atoms with Gasteiger partial charge in [-0.15, -0.1) is 0 Å². The van der Waals surface area contributed by atoms with Gasteiger partial charge in [-0.25, -0.2) is 0 Å². The fourth-order valence-electron chi connectivity index (χ4n) is 9.18. The molecule has 0 N–H and O–H groups in total. The van der Waals surface area contributed by atoms with Gasteiger partial charge in [0.15, 0.2) is 6.10 Å². The highest BCUT2D eigenvalue weighted by molar-refractivity contribution is 5.71. The summed E-state index contributed by atoms with van der Waals surface area (Å²) in [4.78, 5) is 38.4. The van der Waals surface area contributed by atoms with Crippen LogP contribution in [0.2, 0.25) is 0 Å². The number of unbranched alkanes of at least 4 members (excludes halogenated alkanes) is 26. The van der Waals surface area contributed by atoms with E-state index in [2.05, 4.69) is 167 Å². The molecule has 6 heteroatoms. The Morgan fingerprint density at radius 1 is 0.253 bits per heavy atom. The molecule has 0 spiro atoms. The number of ether oxygens (including phenoxy) is 3. The van der Waals surface area contributed by atoms with Crippen LogP contribution in [0.15, 0.2) is 146 Å². The first-order chi connectivity index (χ1) is 41.0. The fraction of sp³-hybridized carbons (Fsp3) is 0.649. The smallest absolute Gasteiger partial charge is 0.306 e. The molecule has 0 fully saturated rings. The maximum absolute atomic E-state index is 12.9. The molecule has 0 rings (SSSR count). The first kappa shape index (κ1) is 78.3. The Hall–Kier alpha value is -4.71. The van der Waals surface area contributed by atoms with Crippen LogP contribution in [0.25, 0.3) is 0 Å². The topological polar surface area (TPSA) is 78.9 Å². The third-order valence-electron chi connectivity index (χ3n) is 14.3. The van der Waals surface area contributed by atoms with E-state index in [0.717, 1.165) is 128 Å². The molecular weight excluding hydrogens is 1020 g/mol. The molecule has 0 aliphatic heterocycles. The minimum atomic E-state index is -0.816. The zero-order valence-corrected chi connectivity index (χ0v) is 53.9. The maximum atomic E-state index is 12.9. The molecule has 0 aromatic rings. The predicted octanol–water partition coefficient (Wildman–Crippen LogP) is 23.9. The van der Waals surface area contributed by atoms with E-state index < -0.39 is 6.10 Å². The lowest BCUT2D eigenvalue weighted by atomic mass is 10.1. The number of hydrogen-bond donors (Lipinski definition) is 0. The highest BCUT2D eigenvalue weighted by atomic mass is 16.6. The van der Waals surface area contributed by atoms with Crippen LogP contribution >= 0.6 is 0 Å². The first-order valence-corrected chi connectivity index (χ1v) is 34.3. The Morgan fingerprint density at radius 2 is 0.482 bits per heavy atom. The largest absolute Gasteiger partial charge is 0.462 e. The second kappa shape index (κ2) is 69.8. The second-order valence-corrected chi connectivity index (χ2v) is 22.3. The SMILES string of the molecule is CC/C=C\C/C=C\C/C=C\C/C=C\C/C=C\C/C=C\C/C=C\C/C=C\C/C=C\CCCC(=O)OCC(COC(=O)CCCCCCC/C=C\C/C=C\CCCCC)OC(=O)CCCCCCCCCCC/C=C\CCCCCCCCCC. The number of hydrogen-bond acceptors (Lipinski definition) is 6. The van der Waals surface area contributed by atoms with Crippen molar-refractivity contribution in [3.63, 3.8) is 0 Å². The van der Waals surface area contributed by atoms with E-state index in [0.29, 0.717) is 19.3 Å². The highest BCUT2D eigenvalue weighted by Gasteiger charge is 2.19. The van der Waals surface area contributed by atoms with Gasteiger partial charge in [-0.2, -0.15) is 0 Å². The van der Waals surface area contributed by atoms with Gasteiger partial charge in [0.1, 0.15) is 13.2 Å². The van der Waals surface area contributed by atoms with Gasteiger partial charge in [0, 0.05) is 19.3 Å². The monoisotopic (exact) mass is 1150 g/mol. The van der Waals surface area contributed by atoms with Crippen molar-refractivity contribution in [2.75, 3.05) is 13.2 Å². The highest BCUT2D eigenvalue weighted by Crippen LogP contribution is 2.15. The van der Waals surface area contributed by atoms with Crippen LogP contribution in [0, 0.1) is 0 Å². The Kier molecular flexibility index (Phi) is 65.8. The van der Waals surface area contributed by atoms with Crippen molar-refractivity contribution in [1.82, 2.24) is 0 Å². The van der Waals surface area contributed by atoms with Crippen LogP contribution in [-0.4, -0.2) is 37.2 Å². The van der Waals surface area contributed by atoms with Gasteiger partial charge >= 0.3 is 17.9 Å². The van der Waals surface area contributed by atoms with Crippen LogP contribution in [0.1, 0.15) is 303 Å². The summed E-state index contributed by atoms with van der Waals surface area (Å²) in [5, 5.41) is 0. The van der Waals surface area contributed by atoms with E-state index in [1.54, 1.807) is 0 Å². The van der Waals surface area contributed by atoms with Gasteiger partial charge in [0.2, 0.25) is 0 Å². The molecule has 1 atom stereocenters. The Labute approximate surface area is 512 Å². The standard InChI is InChI=1S/C77H126O6/c1-4-7-10-13-16-19-22-25-28-30-32-34-35-36-37-38-39-40-41-43-44-46-49-52-55-58-61-64-67-70-76(79)82-73-74(72-81-75(78)69-66-63-60-57-54-51-48-27-24-21-18-15-12-9-6-3)83-77(80)71-68-65-62-59-56-53-50-47-45-42-33-31-29-26-23-20-17-14-11-8-5-2/h7,10,16,18-19,21,25,27-28,31-34,36-37,39-40,43-44,48-49,52,58,61,74H,4-6,8-9,11-15,17,20,22-24,26,29-30,35,38,41-42,45-47,50-51,53-57,59-60,62-73H2,1-3H3/b10-7-,19-16-,21-18-,28-25-,33-31-,34-32-,37-36-,40-39-,44-43-,48-27-,52-49-,61-58-. The number of carbonyl (C=O) groups excluding carboxylic acids is 3. The predicted molar refractivity (Wildman–Crippen MR) is 362 cm³/mol. The molecule has 0 aromatic heterocycles. The van der Waals surface area contributed by atoms with Gasteiger partial charge in [0.25, 0.3) is 0 Å². The maximum Gasteiger partial charge on any atom is 0.306 e. The number of allylic oxidation sites excluding steroid dienone is 24. The normalized spacial score (nSPS) is 13.0. The summed E-state index contributed by atoms with van der Waals surface area (Å²) >= 11 is 0. The molecule has 1 unspecified atom stereocenters. The van der Waals surface area contributed by atoms with E-state index in [4.69, 9.17) is 14.2 Å². The van der Waals surface area contributed by atoms with Crippen LogP contribution in [0.3, 0.4) is 0 Å².